The van der Waals surface area contributed by atoms with Crippen LogP contribution in [0.15, 0.2) is 30.3 Å². The lowest BCUT2D eigenvalue weighted by molar-refractivity contribution is 0.879. The Kier molecular flexibility index (Phi) is 3.34. The summed E-state index contributed by atoms with van der Waals surface area (Å²) in [5, 5.41) is 3.25. The van der Waals surface area contributed by atoms with E-state index in [1.807, 2.05) is 30.3 Å². The fraction of sp³-hybridized carbons (Fsp3) is 0.182. The first-order valence-corrected chi connectivity index (χ1v) is 5.29. The summed E-state index contributed by atoms with van der Waals surface area (Å²) in [4.78, 5) is 11.7. The van der Waals surface area contributed by atoms with Gasteiger partial charge < -0.3 is 16.8 Å². The number of nitrogens with two attached hydrogens (primary N) is 2. The van der Waals surface area contributed by atoms with Gasteiger partial charge in [-0.3, -0.25) is 0 Å². The molecule has 0 unspecified atom stereocenters. The van der Waals surface area contributed by atoms with Crippen molar-refractivity contribution in [1.82, 2.24) is 15.0 Å². The summed E-state index contributed by atoms with van der Waals surface area (Å²) in [5.74, 6) is 0.915. The minimum atomic E-state index is 0.159. The van der Waals surface area contributed by atoms with Crippen LogP contribution in [0.2, 0.25) is 0 Å². The van der Waals surface area contributed by atoms with E-state index in [9.17, 15) is 0 Å². The standard InChI is InChI=1S/C11H14N6/c12-10-15-9(16-11(13)17-10)6-7-14-8-4-2-1-3-5-8/h1-5,14H,6-7H2,(H4,12,13,15,16,17). The zero-order valence-corrected chi connectivity index (χ0v) is 9.30. The Morgan fingerprint density at radius 3 is 2.24 bits per heavy atom. The van der Waals surface area contributed by atoms with Crippen molar-refractivity contribution in [2.45, 2.75) is 6.42 Å². The van der Waals surface area contributed by atoms with Crippen LogP contribution in [0.5, 0.6) is 0 Å². The number of anilines is 3. The van der Waals surface area contributed by atoms with Crippen molar-refractivity contribution in [3.63, 3.8) is 0 Å². The number of hydrogen-bond acceptors (Lipinski definition) is 6. The molecule has 0 aliphatic heterocycles. The summed E-state index contributed by atoms with van der Waals surface area (Å²) in [6.45, 7) is 0.715. The van der Waals surface area contributed by atoms with Crippen LogP contribution < -0.4 is 16.8 Å². The maximum absolute atomic E-state index is 5.48. The lowest BCUT2D eigenvalue weighted by atomic mass is 10.3. The highest BCUT2D eigenvalue weighted by atomic mass is 15.1. The van der Waals surface area contributed by atoms with E-state index in [-0.39, 0.29) is 11.9 Å². The van der Waals surface area contributed by atoms with E-state index >= 15 is 0 Å². The molecular formula is C11H14N6. The molecule has 0 aliphatic carbocycles. The second-order valence-corrected chi connectivity index (χ2v) is 3.51. The zero-order valence-electron chi connectivity index (χ0n) is 9.30. The minimum Gasteiger partial charge on any atom is -0.385 e. The van der Waals surface area contributed by atoms with Gasteiger partial charge in [-0.05, 0) is 12.1 Å². The largest absolute Gasteiger partial charge is 0.385 e. The maximum Gasteiger partial charge on any atom is 0.225 e. The van der Waals surface area contributed by atoms with E-state index in [0.29, 0.717) is 18.8 Å². The van der Waals surface area contributed by atoms with Crippen molar-refractivity contribution >= 4 is 17.6 Å². The number of nitrogens with one attached hydrogen (secondary N) is 1. The van der Waals surface area contributed by atoms with Crippen molar-refractivity contribution in [1.29, 1.82) is 0 Å². The van der Waals surface area contributed by atoms with Crippen LogP contribution in [0.25, 0.3) is 0 Å². The summed E-state index contributed by atoms with van der Waals surface area (Å²) in [6, 6.07) is 9.91. The highest BCUT2D eigenvalue weighted by Gasteiger charge is 2.01. The van der Waals surface area contributed by atoms with Crippen molar-refractivity contribution in [3.05, 3.63) is 36.2 Å². The van der Waals surface area contributed by atoms with Gasteiger partial charge in [-0.15, -0.1) is 0 Å². The molecule has 0 saturated carbocycles. The zero-order chi connectivity index (χ0) is 12.1. The fourth-order valence-electron chi connectivity index (χ4n) is 1.44. The van der Waals surface area contributed by atoms with Crippen LogP contribution >= 0.6 is 0 Å². The Balaban J connectivity index is 1.90. The Hall–Kier alpha value is -2.37. The van der Waals surface area contributed by atoms with Crippen LogP contribution in [0.3, 0.4) is 0 Å². The summed E-state index contributed by atoms with van der Waals surface area (Å²) in [5.41, 5.74) is 12.0. The number of benzene rings is 1. The molecule has 0 atom stereocenters. The molecule has 1 aromatic heterocycles. The minimum absolute atomic E-state index is 0.159. The quantitative estimate of drug-likeness (QED) is 0.714. The molecule has 1 heterocycles. The monoisotopic (exact) mass is 230 g/mol. The average Bonchev–Trinajstić information content (AvgIpc) is 2.29. The molecule has 88 valence electrons. The van der Waals surface area contributed by atoms with Crippen molar-refractivity contribution in [3.8, 4) is 0 Å². The third kappa shape index (κ3) is 3.30. The Bertz CT molecular complexity index is 464. The number of rotatable bonds is 4. The first kappa shape index (κ1) is 11.1. The molecule has 0 saturated heterocycles. The molecule has 0 amide bonds. The maximum atomic E-state index is 5.48. The van der Waals surface area contributed by atoms with E-state index in [1.165, 1.54) is 0 Å². The number of aromatic nitrogens is 3. The van der Waals surface area contributed by atoms with Gasteiger partial charge in [-0.2, -0.15) is 15.0 Å². The Labute approximate surface area is 99.1 Å². The molecule has 2 rings (SSSR count). The Morgan fingerprint density at radius 1 is 0.941 bits per heavy atom. The average molecular weight is 230 g/mol. The molecule has 0 radical (unpaired) electrons. The fourth-order valence-corrected chi connectivity index (χ4v) is 1.44. The van der Waals surface area contributed by atoms with E-state index < -0.39 is 0 Å². The highest BCUT2D eigenvalue weighted by molar-refractivity contribution is 5.42. The van der Waals surface area contributed by atoms with Crippen molar-refractivity contribution in [2.24, 2.45) is 0 Å². The van der Waals surface area contributed by atoms with Crippen molar-refractivity contribution < 1.29 is 0 Å². The van der Waals surface area contributed by atoms with Gasteiger partial charge in [0.1, 0.15) is 5.82 Å². The normalized spacial score (nSPS) is 10.1. The molecule has 1 aromatic carbocycles. The van der Waals surface area contributed by atoms with Gasteiger partial charge in [0.25, 0.3) is 0 Å². The topological polar surface area (TPSA) is 103 Å². The first-order chi connectivity index (χ1) is 8.24. The molecule has 6 nitrogen and oxygen atoms in total. The summed E-state index contributed by atoms with van der Waals surface area (Å²) in [7, 11) is 0. The first-order valence-electron chi connectivity index (χ1n) is 5.29. The molecule has 0 spiro atoms. The lowest BCUT2D eigenvalue weighted by Crippen LogP contribution is -2.11. The summed E-state index contributed by atoms with van der Waals surface area (Å²) < 4.78 is 0. The molecule has 2 aromatic rings. The molecule has 0 fully saturated rings. The van der Waals surface area contributed by atoms with Crippen LogP contribution in [-0.4, -0.2) is 21.5 Å². The van der Waals surface area contributed by atoms with Gasteiger partial charge in [0, 0.05) is 18.7 Å². The predicted octanol–water partition coefficient (Wildman–Crippen LogP) is 0.691. The van der Waals surface area contributed by atoms with Crippen molar-refractivity contribution in [2.75, 3.05) is 23.3 Å². The van der Waals surface area contributed by atoms with Gasteiger partial charge in [0.2, 0.25) is 11.9 Å². The number of nitrogens with zero attached hydrogens (tertiary/aromatic N) is 3. The molecule has 5 N–H and O–H groups in total. The molecular weight excluding hydrogens is 216 g/mol. The molecule has 0 aliphatic rings. The van der Waals surface area contributed by atoms with Gasteiger partial charge in [0.15, 0.2) is 0 Å². The number of nitrogen functional groups attached to an aromatic ring is 2. The van der Waals surface area contributed by atoms with Crippen LogP contribution in [-0.2, 0) is 6.42 Å². The second kappa shape index (κ2) is 5.11. The second-order valence-electron chi connectivity index (χ2n) is 3.51. The number of para-hydroxylation sites is 1. The Morgan fingerprint density at radius 2 is 1.59 bits per heavy atom. The van der Waals surface area contributed by atoms with Crippen LogP contribution in [0.1, 0.15) is 5.82 Å². The summed E-state index contributed by atoms with van der Waals surface area (Å²) in [6.07, 6.45) is 0.645. The van der Waals surface area contributed by atoms with E-state index in [1.54, 1.807) is 0 Å². The van der Waals surface area contributed by atoms with Crippen LogP contribution in [0.4, 0.5) is 17.6 Å². The van der Waals surface area contributed by atoms with Gasteiger partial charge in [0.05, 0.1) is 0 Å². The smallest absolute Gasteiger partial charge is 0.225 e. The third-order valence-electron chi connectivity index (χ3n) is 2.17. The van der Waals surface area contributed by atoms with E-state index in [2.05, 4.69) is 20.3 Å². The third-order valence-corrected chi connectivity index (χ3v) is 2.17. The van der Waals surface area contributed by atoms with Gasteiger partial charge in [-0.1, -0.05) is 18.2 Å². The van der Waals surface area contributed by atoms with E-state index in [0.717, 1.165) is 5.69 Å². The van der Waals surface area contributed by atoms with Crippen LogP contribution in [0, 0.1) is 0 Å². The SMILES string of the molecule is Nc1nc(N)nc(CCNc2ccccc2)n1. The predicted molar refractivity (Wildman–Crippen MR) is 67.3 cm³/mol. The molecule has 6 heteroatoms. The molecule has 17 heavy (non-hydrogen) atoms. The highest BCUT2D eigenvalue weighted by Crippen LogP contribution is 2.05. The summed E-state index contributed by atoms with van der Waals surface area (Å²) >= 11 is 0. The van der Waals surface area contributed by atoms with Gasteiger partial charge >= 0.3 is 0 Å². The molecule has 0 bridgehead atoms. The lowest BCUT2D eigenvalue weighted by Gasteiger charge is -2.05. The van der Waals surface area contributed by atoms with E-state index in [4.69, 9.17) is 11.5 Å². The van der Waals surface area contributed by atoms with Gasteiger partial charge in [-0.25, -0.2) is 0 Å². The number of hydrogen-bond donors (Lipinski definition) is 3.